The normalized spacial score (nSPS) is 12.2. The summed E-state index contributed by atoms with van der Waals surface area (Å²) in [6.45, 7) is 5.97. The van der Waals surface area contributed by atoms with Crippen molar-refractivity contribution >= 4 is 11.7 Å². The van der Waals surface area contributed by atoms with Gasteiger partial charge in [0.2, 0.25) is 0 Å². The molecule has 0 saturated carbocycles. The zero-order chi connectivity index (χ0) is 12.3. The number of benzene rings is 1. The summed E-state index contributed by atoms with van der Waals surface area (Å²) in [7, 11) is 1.83. The van der Waals surface area contributed by atoms with Crippen LogP contribution in [0.2, 0.25) is 0 Å². The summed E-state index contributed by atoms with van der Waals surface area (Å²) in [5, 5.41) is 9.09. The van der Waals surface area contributed by atoms with E-state index in [0.717, 1.165) is 5.69 Å². The third kappa shape index (κ3) is 2.54. The Bertz CT molecular complexity index is 388. The summed E-state index contributed by atoms with van der Waals surface area (Å²) in [5.74, 6) is -0.775. The van der Waals surface area contributed by atoms with Gasteiger partial charge in [0, 0.05) is 12.7 Å². The van der Waals surface area contributed by atoms with Gasteiger partial charge in [-0.05, 0) is 43.5 Å². The largest absolute Gasteiger partial charge is 0.480 e. The first-order valence-corrected chi connectivity index (χ1v) is 5.50. The molecule has 1 aromatic carbocycles. The molecule has 16 heavy (non-hydrogen) atoms. The number of hydrogen-bond acceptors (Lipinski definition) is 2. The molecule has 0 aliphatic heterocycles. The fourth-order valence-electron chi connectivity index (χ4n) is 1.74. The Morgan fingerprint density at radius 3 is 2.44 bits per heavy atom. The monoisotopic (exact) mass is 221 g/mol. The lowest BCUT2D eigenvalue weighted by Gasteiger charge is -2.26. The van der Waals surface area contributed by atoms with Gasteiger partial charge in [-0.1, -0.05) is 13.0 Å². The Labute approximate surface area is 96.7 Å². The number of anilines is 1. The minimum atomic E-state index is -0.775. The molecule has 0 bridgehead atoms. The molecule has 1 N–H and O–H groups in total. The van der Waals surface area contributed by atoms with Gasteiger partial charge in [-0.2, -0.15) is 0 Å². The van der Waals surface area contributed by atoms with Gasteiger partial charge in [0.05, 0.1) is 0 Å². The second-order valence-electron chi connectivity index (χ2n) is 4.14. The molecule has 0 aliphatic carbocycles. The highest BCUT2D eigenvalue weighted by Crippen LogP contribution is 2.20. The molecule has 1 rings (SSSR count). The van der Waals surface area contributed by atoms with Gasteiger partial charge >= 0.3 is 5.97 Å². The summed E-state index contributed by atoms with van der Waals surface area (Å²) in [6, 6.07) is 5.56. The summed E-state index contributed by atoms with van der Waals surface area (Å²) >= 11 is 0. The summed E-state index contributed by atoms with van der Waals surface area (Å²) in [4.78, 5) is 12.9. The third-order valence-electron chi connectivity index (χ3n) is 3.04. The molecule has 0 amide bonds. The van der Waals surface area contributed by atoms with Crippen molar-refractivity contribution in [2.24, 2.45) is 0 Å². The van der Waals surface area contributed by atoms with Crippen molar-refractivity contribution in [3.8, 4) is 0 Å². The van der Waals surface area contributed by atoms with E-state index in [1.54, 1.807) is 0 Å². The van der Waals surface area contributed by atoms with Crippen LogP contribution in [0.5, 0.6) is 0 Å². The van der Waals surface area contributed by atoms with Gasteiger partial charge < -0.3 is 10.0 Å². The quantitative estimate of drug-likeness (QED) is 0.849. The number of carbonyl (C=O) groups is 1. The molecule has 0 radical (unpaired) electrons. The third-order valence-corrected chi connectivity index (χ3v) is 3.04. The van der Waals surface area contributed by atoms with E-state index in [4.69, 9.17) is 5.11 Å². The predicted molar refractivity (Wildman–Crippen MR) is 66.0 cm³/mol. The van der Waals surface area contributed by atoms with E-state index in [9.17, 15) is 4.79 Å². The molecule has 0 saturated heterocycles. The van der Waals surface area contributed by atoms with Crippen LogP contribution in [0.3, 0.4) is 0 Å². The second kappa shape index (κ2) is 5.01. The number of nitrogens with zero attached hydrogens (tertiary/aromatic N) is 1. The van der Waals surface area contributed by atoms with Crippen molar-refractivity contribution in [2.75, 3.05) is 11.9 Å². The molecule has 0 unspecified atom stereocenters. The van der Waals surface area contributed by atoms with E-state index in [0.29, 0.717) is 6.42 Å². The molecule has 0 aromatic heterocycles. The first-order valence-electron chi connectivity index (χ1n) is 5.50. The SMILES string of the molecule is CC[C@H](C(=O)O)N(C)c1ccc(C)c(C)c1. The Balaban J connectivity index is 2.99. The van der Waals surface area contributed by atoms with Crippen LogP contribution in [0.1, 0.15) is 24.5 Å². The summed E-state index contributed by atoms with van der Waals surface area (Å²) < 4.78 is 0. The Morgan fingerprint density at radius 2 is 2.00 bits per heavy atom. The van der Waals surface area contributed by atoms with Crippen LogP contribution in [0, 0.1) is 13.8 Å². The van der Waals surface area contributed by atoms with Gasteiger partial charge in [-0.15, -0.1) is 0 Å². The molecule has 0 aliphatic rings. The summed E-state index contributed by atoms with van der Waals surface area (Å²) in [5.41, 5.74) is 3.36. The number of rotatable bonds is 4. The molecule has 0 heterocycles. The molecular weight excluding hydrogens is 202 g/mol. The fraction of sp³-hybridized carbons (Fsp3) is 0.462. The van der Waals surface area contributed by atoms with Gasteiger partial charge in [-0.25, -0.2) is 4.79 Å². The number of aliphatic carboxylic acids is 1. The van der Waals surface area contributed by atoms with Crippen LogP contribution in [-0.2, 0) is 4.79 Å². The lowest BCUT2D eigenvalue weighted by molar-refractivity contribution is -0.138. The van der Waals surface area contributed by atoms with E-state index in [1.807, 2.05) is 50.9 Å². The van der Waals surface area contributed by atoms with Crippen LogP contribution in [0.4, 0.5) is 5.69 Å². The number of carboxylic acid groups (broad SMARTS) is 1. The van der Waals surface area contributed by atoms with Crippen molar-refractivity contribution in [1.82, 2.24) is 0 Å². The molecular formula is C13H19NO2. The van der Waals surface area contributed by atoms with Crippen molar-refractivity contribution in [2.45, 2.75) is 33.2 Å². The Morgan fingerprint density at radius 1 is 1.38 bits per heavy atom. The zero-order valence-electron chi connectivity index (χ0n) is 10.3. The molecule has 3 heteroatoms. The maximum absolute atomic E-state index is 11.1. The van der Waals surface area contributed by atoms with E-state index in [-0.39, 0.29) is 0 Å². The highest BCUT2D eigenvalue weighted by atomic mass is 16.4. The van der Waals surface area contributed by atoms with E-state index < -0.39 is 12.0 Å². The van der Waals surface area contributed by atoms with E-state index in [2.05, 4.69) is 0 Å². The molecule has 1 aromatic rings. The predicted octanol–water partition coefficient (Wildman–Crippen LogP) is 2.60. The Kier molecular flexibility index (Phi) is 3.93. The number of likely N-dealkylation sites (N-methyl/N-ethyl adjacent to an activating group) is 1. The fourth-order valence-corrected chi connectivity index (χ4v) is 1.74. The minimum absolute atomic E-state index is 0.456. The van der Waals surface area contributed by atoms with Crippen LogP contribution in [0.15, 0.2) is 18.2 Å². The molecule has 1 atom stereocenters. The van der Waals surface area contributed by atoms with Crippen molar-refractivity contribution in [3.05, 3.63) is 29.3 Å². The van der Waals surface area contributed by atoms with Crippen LogP contribution < -0.4 is 4.90 Å². The van der Waals surface area contributed by atoms with Gasteiger partial charge in [-0.3, -0.25) is 0 Å². The van der Waals surface area contributed by atoms with Crippen molar-refractivity contribution < 1.29 is 9.90 Å². The van der Waals surface area contributed by atoms with Crippen LogP contribution >= 0.6 is 0 Å². The van der Waals surface area contributed by atoms with Crippen molar-refractivity contribution in [1.29, 1.82) is 0 Å². The topological polar surface area (TPSA) is 40.5 Å². The first-order chi connectivity index (χ1) is 7.47. The van der Waals surface area contributed by atoms with Crippen LogP contribution in [0.25, 0.3) is 0 Å². The highest BCUT2D eigenvalue weighted by molar-refractivity contribution is 5.78. The molecule has 3 nitrogen and oxygen atoms in total. The molecule has 0 spiro atoms. The number of carboxylic acids is 1. The number of aryl methyl sites for hydroxylation is 2. The van der Waals surface area contributed by atoms with E-state index >= 15 is 0 Å². The Hall–Kier alpha value is -1.51. The maximum atomic E-state index is 11.1. The lowest BCUT2D eigenvalue weighted by atomic mass is 10.1. The van der Waals surface area contributed by atoms with Crippen LogP contribution in [-0.4, -0.2) is 24.2 Å². The average Bonchev–Trinajstić information content (AvgIpc) is 2.22. The molecule has 0 fully saturated rings. The number of hydrogen-bond donors (Lipinski definition) is 1. The summed E-state index contributed by atoms with van der Waals surface area (Å²) in [6.07, 6.45) is 0.596. The first kappa shape index (κ1) is 12.6. The standard InChI is InChI=1S/C13H19NO2/c1-5-12(13(15)16)14(4)11-7-6-9(2)10(3)8-11/h6-8,12H,5H2,1-4H3,(H,15,16)/t12-/m1/s1. The lowest BCUT2D eigenvalue weighted by Crippen LogP contribution is -2.37. The smallest absolute Gasteiger partial charge is 0.326 e. The van der Waals surface area contributed by atoms with Gasteiger partial charge in [0.25, 0.3) is 0 Å². The highest BCUT2D eigenvalue weighted by Gasteiger charge is 2.20. The minimum Gasteiger partial charge on any atom is -0.480 e. The van der Waals surface area contributed by atoms with E-state index in [1.165, 1.54) is 11.1 Å². The molecule has 88 valence electrons. The van der Waals surface area contributed by atoms with Gasteiger partial charge in [0.15, 0.2) is 0 Å². The maximum Gasteiger partial charge on any atom is 0.326 e. The van der Waals surface area contributed by atoms with Gasteiger partial charge in [0.1, 0.15) is 6.04 Å². The second-order valence-corrected chi connectivity index (χ2v) is 4.14. The van der Waals surface area contributed by atoms with Crippen molar-refractivity contribution in [3.63, 3.8) is 0 Å². The zero-order valence-corrected chi connectivity index (χ0v) is 10.3. The average molecular weight is 221 g/mol.